The molecule has 0 unspecified atom stereocenters. The predicted molar refractivity (Wildman–Crippen MR) is 95.1 cm³/mol. The molecule has 0 saturated carbocycles. The van der Waals surface area contributed by atoms with Crippen LogP contribution in [0.2, 0.25) is 0 Å². The third-order valence-corrected chi connectivity index (χ3v) is 5.12. The number of rotatable bonds is 5. The van der Waals surface area contributed by atoms with E-state index in [0.29, 0.717) is 11.4 Å². The van der Waals surface area contributed by atoms with E-state index < -0.39 is 10.0 Å². The summed E-state index contributed by atoms with van der Waals surface area (Å²) < 4.78 is 35.6. The number of halogens is 1. The van der Waals surface area contributed by atoms with E-state index >= 15 is 0 Å². The van der Waals surface area contributed by atoms with Crippen LogP contribution in [0.15, 0.2) is 70.3 Å². The Morgan fingerprint density at radius 2 is 1.83 bits per heavy atom. The second-order valence-electron chi connectivity index (χ2n) is 4.88. The third kappa shape index (κ3) is 3.29. The Bertz CT molecular complexity index is 970. The van der Waals surface area contributed by atoms with Crippen molar-refractivity contribution in [2.24, 2.45) is 0 Å². The van der Waals surface area contributed by atoms with Crippen molar-refractivity contribution in [3.63, 3.8) is 0 Å². The minimum atomic E-state index is -3.81. The standard InChI is InChI=1S/C16H14BrN3O3S/c1-23-15-8-4-5-9-16(15)24(21,22)19-13-6-2-3-7-14(13)20-11-12(17)10-18-20/h2-11,19H,1H3. The Hall–Kier alpha value is -2.32. The molecule has 0 saturated heterocycles. The highest BCUT2D eigenvalue weighted by Crippen LogP contribution is 2.28. The first-order valence-electron chi connectivity index (χ1n) is 6.96. The first kappa shape index (κ1) is 16.5. The van der Waals surface area contributed by atoms with Crippen molar-refractivity contribution in [2.75, 3.05) is 11.8 Å². The molecule has 0 fully saturated rings. The van der Waals surface area contributed by atoms with Crippen molar-refractivity contribution in [3.05, 3.63) is 65.4 Å². The fraction of sp³-hybridized carbons (Fsp3) is 0.0625. The number of anilines is 1. The second-order valence-corrected chi connectivity index (χ2v) is 7.44. The quantitative estimate of drug-likeness (QED) is 0.702. The van der Waals surface area contributed by atoms with Gasteiger partial charge in [0.15, 0.2) is 0 Å². The molecule has 0 spiro atoms. The van der Waals surface area contributed by atoms with Gasteiger partial charge in [0, 0.05) is 6.20 Å². The molecule has 2 aromatic carbocycles. The Morgan fingerprint density at radius 3 is 2.54 bits per heavy atom. The summed E-state index contributed by atoms with van der Waals surface area (Å²) in [4.78, 5) is 0.0731. The maximum Gasteiger partial charge on any atom is 0.265 e. The molecule has 1 heterocycles. The van der Waals surface area contributed by atoms with Gasteiger partial charge in [0.2, 0.25) is 0 Å². The number of benzene rings is 2. The van der Waals surface area contributed by atoms with Crippen molar-refractivity contribution in [3.8, 4) is 11.4 Å². The zero-order valence-corrected chi connectivity index (χ0v) is 15.1. The van der Waals surface area contributed by atoms with Gasteiger partial charge in [0.05, 0.1) is 29.2 Å². The molecule has 1 N–H and O–H groups in total. The largest absolute Gasteiger partial charge is 0.495 e. The highest BCUT2D eigenvalue weighted by Gasteiger charge is 2.20. The Balaban J connectivity index is 2.02. The summed E-state index contributed by atoms with van der Waals surface area (Å²) in [5.74, 6) is 0.282. The Kier molecular flexibility index (Phi) is 4.59. The van der Waals surface area contributed by atoms with E-state index in [0.717, 1.165) is 4.47 Å². The molecular formula is C16H14BrN3O3S. The van der Waals surface area contributed by atoms with Gasteiger partial charge >= 0.3 is 0 Å². The van der Waals surface area contributed by atoms with Crippen molar-refractivity contribution in [1.29, 1.82) is 0 Å². The van der Waals surface area contributed by atoms with Gasteiger partial charge in [-0.1, -0.05) is 24.3 Å². The van der Waals surface area contributed by atoms with E-state index in [9.17, 15) is 8.42 Å². The first-order chi connectivity index (χ1) is 11.5. The number of methoxy groups -OCH3 is 1. The number of ether oxygens (including phenoxy) is 1. The molecule has 0 atom stereocenters. The van der Waals surface area contributed by atoms with Crippen molar-refractivity contribution >= 4 is 31.6 Å². The summed E-state index contributed by atoms with van der Waals surface area (Å²) in [7, 11) is -2.37. The fourth-order valence-electron chi connectivity index (χ4n) is 2.23. The smallest absolute Gasteiger partial charge is 0.265 e. The average molecular weight is 408 g/mol. The number of para-hydroxylation sites is 3. The summed E-state index contributed by atoms with van der Waals surface area (Å²) in [6.45, 7) is 0. The average Bonchev–Trinajstić information content (AvgIpc) is 3.01. The van der Waals surface area contributed by atoms with Crippen molar-refractivity contribution in [2.45, 2.75) is 4.90 Å². The highest BCUT2D eigenvalue weighted by atomic mass is 79.9. The SMILES string of the molecule is COc1ccccc1S(=O)(=O)Nc1ccccc1-n1cc(Br)cn1. The van der Waals surface area contributed by atoms with E-state index in [2.05, 4.69) is 25.8 Å². The van der Waals surface area contributed by atoms with Crippen molar-refractivity contribution < 1.29 is 13.2 Å². The third-order valence-electron chi connectivity index (χ3n) is 3.30. The predicted octanol–water partition coefficient (Wildman–Crippen LogP) is 3.44. The van der Waals surface area contributed by atoms with Crippen LogP contribution in [-0.2, 0) is 10.0 Å². The van der Waals surface area contributed by atoms with Crippen LogP contribution in [0.1, 0.15) is 0 Å². The molecule has 8 heteroatoms. The van der Waals surface area contributed by atoms with Gasteiger partial charge in [-0.3, -0.25) is 4.72 Å². The molecule has 0 amide bonds. The molecular weight excluding hydrogens is 394 g/mol. The van der Waals surface area contributed by atoms with Gasteiger partial charge < -0.3 is 4.74 Å². The summed E-state index contributed by atoms with van der Waals surface area (Å²) in [6.07, 6.45) is 3.38. The lowest BCUT2D eigenvalue weighted by Gasteiger charge is -2.14. The zero-order valence-electron chi connectivity index (χ0n) is 12.7. The number of aromatic nitrogens is 2. The molecule has 3 rings (SSSR count). The normalized spacial score (nSPS) is 11.2. The number of sulfonamides is 1. The van der Waals surface area contributed by atoms with Crippen LogP contribution < -0.4 is 9.46 Å². The van der Waals surface area contributed by atoms with Crippen LogP contribution in [0.3, 0.4) is 0 Å². The minimum absolute atomic E-state index is 0.0731. The molecule has 6 nitrogen and oxygen atoms in total. The molecule has 0 aliphatic rings. The molecule has 0 bridgehead atoms. The second kappa shape index (κ2) is 6.66. The van der Waals surface area contributed by atoms with Crippen LogP contribution in [-0.4, -0.2) is 25.3 Å². The van der Waals surface area contributed by atoms with Gasteiger partial charge in [-0.2, -0.15) is 5.10 Å². The number of hydrogen-bond acceptors (Lipinski definition) is 4. The van der Waals surface area contributed by atoms with E-state index in [-0.39, 0.29) is 10.6 Å². The van der Waals surface area contributed by atoms with Crippen LogP contribution in [0.4, 0.5) is 5.69 Å². The molecule has 0 aliphatic heterocycles. The Morgan fingerprint density at radius 1 is 1.12 bits per heavy atom. The molecule has 1 aromatic heterocycles. The molecule has 124 valence electrons. The molecule has 0 aliphatic carbocycles. The lowest BCUT2D eigenvalue weighted by molar-refractivity contribution is 0.403. The minimum Gasteiger partial charge on any atom is -0.495 e. The maximum absolute atomic E-state index is 12.7. The van der Waals surface area contributed by atoms with Crippen LogP contribution in [0.25, 0.3) is 5.69 Å². The lowest BCUT2D eigenvalue weighted by atomic mass is 10.3. The molecule has 3 aromatic rings. The lowest BCUT2D eigenvalue weighted by Crippen LogP contribution is -2.15. The van der Waals surface area contributed by atoms with E-state index in [1.165, 1.54) is 13.2 Å². The molecule has 0 radical (unpaired) electrons. The van der Waals surface area contributed by atoms with Gasteiger partial charge in [-0.15, -0.1) is 0 Å². The van der Waals surface area contributed by atoms with Gasteiger partial charge in [0.1, 0.15) is 10.6 Å². The van der Waals surface area contributed by atoms with Gasteiger partial charge in [-0.25, -0.2) is 13.1 Å². The van der Waals surface area contributed by atoms with Gasteiger partial charge in [0.25, 0.3) is 10.0 Å². The van der Waals surface area contributed by atoms with Crippen LogP contribution >= 0.6 is 15.9 Å². The number of nitrogens with zero attached hydrogens (tertiary/aromatic N) is 2. The first-order valence-corrected chi connectivity index (χ1v) is 9.24. The van der Waals surface area contributed by atoms with Crippen LogP contribution in [0, 0.1) is 0 Å². The summed E-state index contributed by atoms with van der Waals surface area (Å²) >= 11 is 3.33. The topological polar surface area (TPSA) is 73.2 Å². The van der Waals surface area contributed by atoms with Crippen LogP contribution in [0.5, 0.6) is 5.75 Å². The number of nitrogens with one attached hydrogen (secondary N) is 1. The summed E-state index contributed by atoms with van der Waals surface area (Å²) in [5, 5.41) is 4.19. The summed E-state index contributed by atoms with van der Waals surface area (Å²) in [5.41, 5.74) is 1.03. The summed E-state index contributed by atoms with van der Waals surface area (Å²) in [6, 6.07) is 13.5. The van der Waals surface area contributed by atoms with E-state index in [1.807, 2.05) is 6.07 Å². The van der Waals surface area contributed by atoms with E-state index in [1.54, 1.807) is 53.5 Å². The monoisotopic (exact) mass is 407 g/mol. The number of hydrogen-bond donors (Lipinski definition) is 1. The highest BCUT2D eigenvalue weighted by molar-refractivity contribution is 9.10. The fourth-order valence-corrected chi connectivity index (χ4v) is 3.76. The van der Waals surface area contributed by atoms with E-state index in [4.69, 9.17) is 4.74 Å². The zero-order chi connectivity index (χ0) is 17.2. The Labute approximate surface area is 148 Å². The van der Waals surface area contributed by atoms with Gasteiger partial charge in [-0.05, 0) is 40.2 Å². The molecule has 24 heavy (non-hydrogen) atoms. The maximum atomic E-state index is 12.7. The van der Waals surface area contributed by atoms with Crippen molar-refractivity contribution in [1.82, 2.24) is 9.78 Å².